The number of carbonyl (C=O) groups excluding carboxylic acids is 1. The molecule has 128 valence electrons. The van der Waals surface area contributed by atoms with E-state index in [4.69, 9.17) is 5.73 Å². The number of aromatic nitrogens is 3. The molecule has 1 aromatic heterocycles. The Morgan fingerprint density at radius 1 is 1.08 bits per heavy atom. The van der Waals surface area contributed by atoms with Gasteiger partial charge >= 0.3 is 0 Å². The molecule has 0 aliphatic heterocycles. The fraction of sp³-hybridized carbons (Fsp3) is 0.211. The van der Waals surface area contributed by atoms with E-state index in [1.54, 1.807) is 23.7 Å². The number of hydrogen-bond donors (Lipinski definition) is 2. The van der Waals surface area contributed by atoms with E-state index in [0.717, 1.165) is 22.4 Å². The highest BCUT2D eigenvalue weighted by molar-refractivity contribution is 5.94. The largest absolute Gasteiger partial charge is 0.390 e. The van der Waals surface area contributed by atoms with Crippen LogP contribution < -0.4 is 5.73 Å². The van der Waals surface area contributed by atoms with E-state index < -0.39 is 0 Å². The summed E-state index contributed by atoms with van der Waals surface area (Å²) in [5, 5.41) is 17.8. The monoisotopic (exact) mass is 336 g/mol. The first-order valence-corrected chi connectivity index (χ1v) is 8.05. The summed E-state index contributed by atoms with van der Waals surface area (Å²) in [5.41, 5.74) is 10.6. The summed E-state index contributed by atoms with van der Waals surface area (Å²) in [5.74, 6) is 0.0376. The van der Waals surface area contributed by atoms with Crippen LogP contribution in [0.1, 0.15) is 34.1 Å². The molecule has 1 heterocycles. The van der Waals surface area contributed by atoms with Crippen molar-refractivity contribution in [1.82, 2.24) is 15.0 Å². The van der Waals surface area contributed by atoms with Crippen molar-refractivity contribution >= 4 is 5.78 Å². The number of rotatable bonds is 6. The Hall–Kier alpha value is -2.83. The van der Waals surface area contributed by atoms with Crippen molar-refractivity contribution in [2.24, 2.45) is 5.73 Å². The second-order valence-electron chi connectivity index (χ2n) is 5.85. The Kier molecular flexibility index (Phi) is 5.02. The molecule has 0 saturated heterocycles. The number of ketones is 1. The molecule has 0 unspecified atom stereocenters. The highest BCUT2D eigenvalue weighted by Crippen LogP contribution is 2.24. The van der Waals surface area contributed by atoms with Crippen LogP contribution in [-0.4, -0.2) is 25.9 Å². The highest BCUT2D eigenvalue weighted by atomic mass is 16.3. The van der Waals surface area contributed by atoms with E-state index in [1.807, 2.05) is 36.4 Å². The number of benzene rings is 2. The summed E-state index contributed by atoms with van der Waals surface area (Å²) < 4.78 is 1.76. The zero-order valence-corrected chi connectivity index (χ0v) is 14.0. The minimum Gasteiger partial charge on any atom is -0.390 e. The third kappa shape index (κ3) is 3.65. The molecule has 3 N–H and O–H groups in total. The lowest BCUT2D eigenvalue weighted by molar-refractivity contribution is 0.101. The fourth-order valence-corrected chi connectivity index (χ4v) is 2.70. The molecule has 0 bridgehead atoms. The second-order valence-corrected chi connectivity index (χ2v) is 5.85. The Balaban J connectivity index is 1.93. The van der Waals surface area contributed by atoms with Gasteiger partial charge in [0.2, 0.25) is 0 Å². The molecule has 3 aromatic rings. The first-order chi connectivity index (χ1) is 12.1. The van der Waals surface area contributed by atoms with Crippen molar-refractivity contribution < 1.29 is 9.90 Å². The molecular weight excluding hydrogens is 316 g/mol. The third-order valence-corrected chi connectivity index (χ3v) is 4.11. The zero-order chi connectivity index (χ0) is 17.8. The van der Waals surface area contributed by atoms with Gasteiger partial charge in [0, 0.05) is 17.7 Å². The van der Waals surface area contributed by atoms with Gasteiger partial charge in [0.1, 0.15) is 5.69 Å². The summed E-state index contributed by atoms with van der Waals surface area (Å²) in [7, 11) is 0. The van der Waals surface area contributed by atoms with Crippen LogP contribution in [0.3, 0.4) is 0 Å². The Labute approximate surface area is 145 Å². The SMILES string of the molecule is CC(=O)c1ccc(Cn2nnc(CO)c2-c2ccc(CN)cc2)cc1. The van der Waals surface area contributed by atoms with Crippen molar-refractivity contribution in [3.05, 3.63) is 70.9 Å². The van der Waals surface area contributed by atoms with Crippen LogP contribution >= 0.6 is 0 Å². The third-order valence-electron chi connectivity index (χ3n) is 4.11. The molecule has 0 spiro atoms. The number of hydrogen-bond acceptors (Lipinski definition) is 5. The molecule has 0 aliphatic rings. The predicted molar refractivity (Wildman–Crippen MR) is 94.8 cm³/mol. The van der Waals surface area contributed by atoms with E-state index in [2.05, 4.69) is 10.3 Å². The molecule has 3 rings (SSSR count). The molecule has 0 fully saturated rings. The normalized spacial score (nSPS) is 10.8. The van der Waals surface area contributed by atoms with Crippen molar-refractivity contribution in [2.45, 2.75) is 26.6 Å². The zero-order valence-electron chi connectivity index (χ0n) is 14.0. The topological polar surface area (TPSA) is 94.0 Å². The summed E-state index contributed by atoms with van der Waals surface area (Å²) in [4.78, 5) is 11.4. The maximum absolute atomic E-state index is 11.4. The Bertz CT molecular complexity index is 867. The first-order valence-electron chi connectivity index (χ1n) is 8.05. The Morgan fingerprint density at radius 3 is 2.28 bits per heavy atom. The lowest BCUT2D eigenvalue weighted by atomic mass is 10.1. The van der Waals surface area contributed by atoms with Gasteiger partial charge in [-0.3, -0.25) is 4.79 Å². The molecule has 0 atom stereocenters. The van der Waals surface area contributed by atoms with Gasteiger partial charge in [-0.25, -0.2) is 4.68 Å². The van der Waals surface area contributed by atoms with Gasteiger partial charge in [-0.05, 0) is 18.1 Å². The van der Waals surface area contributed by atoms with Gasteiger partial charge in [-0.1, -0.05) is 53.7 Å². The van der Waals surface area contributed by atoms with Crippen molar-refractivity contribution in [1.29, 1.82) is 0 Å². The van der Waals surface area contributed by atoms with E-state index in [0.29, 0.717) is 24.3 Å². The standard InChI is InChI=1S/C19H20N4O2/c1-13(25)16-6-4-15(5-7-16)11-23-19(18(12-24)21-22-23)17-8-2-14(10-20)3-9-17/h2-9,24H,10-12,20H2,1H3. The second kappa shape index (κ2) is 7.38. The highest BCUT2D eigenvalue weighted by Gasteiger charge is 2.15. The first kappa shape index (κ1) is 17.0. The number of nitrogens with zero attached hydrogens (tertiary/aromatic N) is 3. The smallest absolute Gasteiger partial charge is 0.159 e. The van der Waals surface area contributed by atoms with Crippen molar-refractivity contribution in [2.75, 3.05) is 0 Å². The summed E-state index contributed by atoms with van der Waals surface area (Å²) >= 11 is 0. The van der Waals surface area contributed by atoms with Crippen LogP contribution in [0.2, 0.25) is 0 Å². The number of aliphatic hydroxyl groups excluding tert-OH is 1. The minimum absolute atomic E-state index is 0.0376. The van der Waals surface area contributed by atoms with E-state index >= 15 is 0 Å². The summed E-state index contributed by atoms with van der Waals surface area (Å²) in [6.07, 6.45) is 0. The van der Waals surface area contributed by atoms with Gasteiger partial charge in [-0.2, -0.15) is 0 Å². The van der Waals surface area contributed by atoms with E-state index in [1.165, 1.54) is 0 Å². The van der Waals surface area contributed by atoms with Crippen LogP contribution in [0.25, 0.3) is 11.3 Å². The van der Waals surface area contributed by atoms with E-state index in [-0.39, 0.29) is 12.4 Å². The average Bonchev–Trinajstić information content (AvgIpc) is 3.05. The molecule has 0 saturated carbocycles. The van der Waals surface area contributed by atoms with Crippen LogP contribution in [0.15, 0.2) is 48.5 Å². The number of Topliss-reactive ketones (excluding diaryl/α,β-unsaturated/α-hetero) is 1. The fourth-order valence-electron chi connectivity index (χ4n) is 2.70. The Morgan fingerprint density at radius 2 is 1.72 bits per heavy atom. The average molecular weight is 336 g/mol. The van der Waals surface area contributed by atoms with Gasteiger partial charge < -0.3 is 10.8 Å². The molecular formula is C19H20N4O2. The lowest BCUT2D eigenvalue weighted by Crippen LogP contribution is -2.05. The van der Waals surface area contributed by atoms with Gasteiger partial charge in [0.05, 0.1) is 18.8 Å². The minimum atomic E-state index is -0.183. The molecule has 6 nitrogen and oxygen atoms in total. The van der Waals surface area contributed by atoms with Gasteiger partial charge in [0.15, 0.2) is 5.78 Å². The number of nitrogens with two attached hydrogens (primary N) is 1. The van der Waals surface area contributed by atoms with Crippen LogP contribution in [0.4, 0.5) is 0 Å². The number of carbonyl (C=O) groups is 1. The van der Waals surface area contributed by atoms with Crippen molar-refractivity contribution in [3.8, 4) is 11.3 Å². The van der Waals surface area contributed by atoms with Crippen LogP contribution in [-0.2, 0) is 19.7 Å². The molecule has 0 radical (unpaired) electrons. The van der Waals surface area contributed by atoms with Crippen LogP contribution in [0.5, 0.6) is 0 Å². The molecule has 0 amide bonds. The number of aliphatic hydroxyl groups is 1. The van der Waals surface area contributed by atoms with E-state index in [9.17, 15) is 9.90 Å². The van der Waals surface area contributed by atoms with Crippen LogP contribution in [0, 0.1) is 0 Å². The summed E-state index contributed by atoms with van der Waals surface area (Å²) in [6, 6.07) is 15.2. The molecule has 6 heteroatoms. The maximum atomic E-state index is 11.4. The molecule has 2 aromatic carbocycles. The summed E-state index contributed by atoms with van der Waals surface area (Å²) in [6.45, 7) is 2.34. The quantitative estimate of drug-likeness (QED) is 0.673. The van der Waals surface area contributed by atoms with Gasteiger partial charge in [-0.15, -0.1) is 5.10 Å². The lowest BCUT2D eigenvalue weighted by Gasteiger charge is -2.09. The maximum Gasteiger partial charge on any atom is 0.159 e. The predicted octanol–water partition coefficient (Wildman–Crippen LogP) is 2.15. The molecule has 0 aliphatic carbocycles. The van der Waals surface area contributed by atoms with Gasteiger partial charge in [0.25, 0.3) is 0 Å². The molecule has 25 heavy (non-hydrogen) atoms. The van der Waals surface area contributed by atoms with Crippen molar-refractivity contribution in [3.63, 3.8) is 0 Å².